The Bertz CT molecular complexity index is 524. The molecule has 0 aliphatic rings. The van der Waals surface area contributed by atoms with Gasteiger partial charge in [0.15, 0.2) is 0 Å². The predicted molar refractivity (Wildman–Crippen MR) is 58.9 cm³/mol. The Morgan fingerprint density at radius 2 is 1.94 bits per heavy atom. The summed E-state index contributed by atoms with van der Waals surface area (Å²) in [5, 5.41) is 3.09. The number of nitrogens with one attached hydrogen (secondary N) is 1. The summed E-state index contributed by atoms with van der Waals surface area (Å²) >= 11 is 0. The molecule has 1 heterocycles. The third-order valence-corrected chi connectivity index (χ3v) is 2.56. The van der Waals surface area contributed by atoms with Crippen molar-refractivity contribution in [2.45, 2.75) is 18.9 Å². The molecule has 0 unspecified atom stereocenters. The summed E-state index contributed by atoms with van der Waals surface area (Å²) in [6.07, 6.45) is -2.23. The molecular formula is C12H11F4NO. The van der Waals surface area contributed by atoms with Gasteiger partial charge in [-0.05, 0) is 6.07 Å². The van der Waals surface area contributed by atoms with Gasteiger partial charge in [-0.1, -0.05) is 18.2 Å². The molecule has 0 saturated carbocycles. The van der Waals surface area contributed by atoms with E-state index < -0.39 is 18.9 Å². The Kier molecular flexibility index (Phi) is 3.56. The van der Waals surface area contributed by atoms with Crippen LogP contribution in [0.25, 0.3) is 11.0 Å². The molecule has 0 atom stereocenters. The third kappa shape index (κ3) is 2.64. The van der Waals surface area contributed by atoms with Gasteiger partial charge >= 0.3 is 12.3 Å². The van der Waals surface area contributed by atoms with Crippen LogP contribution < -0.4 is 5.32 Å². The van der Waals surface area contributed by atoms with E-state index in [1.165, 1.54) is 6.26 Å². The molecule has 2 nitrogen and oxygen atoms in total. The van der Waals surface area contributed by atoms with E-state index in [4.69, 9.17) is 4.42 Å². The minimum atomic E-state index is -4.01. The van der Waals surface area contributed by atoms with Gasteiger partial charge in [0, 0.05) is 17.5 Å². The zero-order valence-corrected chi connectivity index (χ0v) is 9.30. The van der Waals surface area contributed by atoms with Crippen molar-refractivity contribution in [3.63, 3.8) is 0 Å². The Hall–Kier alpha value is -1.56. The highest BCUT2D eigenvalue weighted by Crippen LogP contribution is 2.23. The smallest absolute Gasteiger partial charge is 0.319 e. The molecule has 0 spiro atoms. The van der Waals surface area contributed by atoms with Crippen LogP contribution in [0.15, 0.2) is 34.9 Å². The first kappa shape index (κ1) is 12.9. The molecule has 2 aromatic rings. The maximum atomic E-state index is 12.7. The summed E-state index contributed by atoms with van der Waals surface area (Å²) in [5.41, 5.74) is 1.30. The fraction of sp³-hybridized carbons (Fsp3) is 0.333. The number of alkyl halides is 4. The molecule has 0 aliphatic carbocycles. The van der Waals surface area contributed by atoms with Crippen LogP contribution in [0.3, 0.4) is 0 Å². The van der Waals surface area contributed by atoms with Crippen molar-refractivity contribution >= 4 is 11.0 Å². The van der Waals surface area contributed by atoms with Crippen molar-refractivity contribution in [2.24, 2.45) is 0 Å². The standard InChI is InChI=1S/C12H11F4NO/c13-11(14)12(15,16)7-17-5-8-6-18-10-4-2-1-3-9(8)10/h1-4,6,11,17H,5,7H2. The number of fused-ring (bicyclic) bond motifs is 1. The van der Waals surface area contributed by atoms with E-state index in [9.17, 15) is 17.6 Å². The average Bonchev–Trinajstić information content (AvgIpc) is 2.72. The first-order valence-corrected chi connectivity index (χ1v) is 5.32. The molecule has 0 radical (unpaired) electrons. The van der Waals surface area contributed by atoms with Gasteiger partial charge in [-0.25, -0.2) is 8.78 Å². The van der Waals surface area contributed by atoms with Crippen molar-refractivity contribution < 1.29 is 22.0 Å². The summed E-state index contributed by atoms with van der Waals surface area (Å²) in [7, 11) is 0. The van der Waals surface area contributed by atoms with Crippen molar-refractivity contribution in [2.75, 3.05) is 6.54 Å². The van der Waals surface area contributed by atoms with Gasteiger partial charge in [0.1, 0.15) is 5.58 Å². The largest absolute Gasteiger partial charge is 0.464 e. The van der Waals surface area contributed by atoms with Crippen LogP contribution in [0.2, 0.25) is 0 Å². The van der Waals surface area contributed by atoms with E-state index >= 15 is 0 Å². The summed E-state index contributed by atoms with van der Waals surface area (Å²) < 4.78 is 54.4. The number of furan rings is 1. The van der Waals surface area contributed by atoms with Crippen LogP contribution in [0, 0.1) is 0 Å². The minimum Gasteiger partial charge on any atom is -0.464 e. The van der Waals surface area contributed by atoms with Crippen LogP contribution in [0.5, 0.6) is 0 Å². The van der Waals surface area contributed by atoms with Gasteiger partial charge in [0.2, 0.25) is 0 Å². The highest BCUT2D eigenvalue weighted by atomic mass is 19.3. The SMILES string of the molecule is FC(F)C(F)(F)CNCc1coc2ccccc12. The summed E-state index contributed by atoms with van der Waals surface area (Å²) in [5.74, 6) is -4.01. The van der Waals surface area contributed by atoms with Gasteiger partial charge < -0.3 is 9.73 Å². The summed E-state index contributed by atoms with van der Waals surface area (Å²) in [4.78, 5) is 0. The summed E-state index contributed by atoms with van der Waals surface area (Å²) in [6, 6.07) is 7.09. The molecule has 18 heavy (non-hydrogen) atoms. The normalized spacial score (nSPS) is 12.5. The van der Waals surface area contributed by atoms with E-state index in [0.29, 0.717) is 11.1 Å². The lowest BCUT2D eigenvalue weighted by atomic mass is 10.2. The molecular weight excluding hydrogens is 250 g/mol. The van der Waals surface area contributed by atoms with Gasteiger partial charge in [-0.15, -0.1) is 0 Å². The average molecular weight is 261 g/mol. The predicted octanol–water partition coefficient (Wildman–Crippen LogP) is 3.42. The van der Waals surface area contributed by atoms with E-state index in [0.717, 1.165) is 5.39 Å². The maximum absolute atomic E-state index is 12.7. The molecule has 2 rings (SSSR count). The van der Waals surface area contributed by atoms with E-state index in [1.54, 1.807) is 24.3 Å². The van der Waals surface area contributed by atoms with Crippen molar-refractivity contribution in [1.82, 2.24) is 5.32 Å². The van der Waals surface area contributed by atoms with Crippen LogP contribution >= 0.6 is 0 Å². The van der Waals surface area contributed by atoms with Crippen LogP contribution in [0.1, 0.15) is 5.56 Å². The van der Waals surface area contributed by atoms with Gasteiger partial charge in [0.05, 0.1) is 12.8 Å². The first-order chi connectivity index (χ1) is 8.50. The zero-order valence-electron chi connectivity index (χ0n) is 9.30. The van der Waals surface area contributed by atoms with Crippen molar-refractivity contribution in [1.29, 1.82) is 0 Å². The van der Waals surface area contributed by atoms with Crippen molar-refractivity contribution in [3.8, 4) is 0 Å². The van der Waals surface area contributed by atoms with Crippen LogP contribution in [-0.4, -0.2) is 18.9 Å². The molecule has 1 aromatic carbocycles. The number of hydrogen-bond acceptors (Lipinski definition) is 2. The second-order valence-electron chi connectivity index (χ2n) is 3.92. The first-order valence-electron chi connectivity index (χ1n) is 5.32. The topological polar surface area (TPSA) is 25.2 Å². The molecule has 0 fully saturated rings. The molecule has 6 heteroatoms. The number of benzene rings is 1. The minimum absolute atomic E-state index is 0.0549. The fourth-order valence-electron chi connectivity index (χ4n) is 1.61. The molecule has 1 aromatic heterocycles. The lowest BCUT2D eigenvalue weighted by Gasteiger charge is -2.15. The molecule has 98 valence electrons. The van der Waals surface area contributed by atoms with Gasteiger partial charge in [-0.3, -0.25) is 0 Å². The van der Waals surface area contributed by atoms with Crippen LogP contribution in [0.4, 0.5) is 17.6 Å². The maximum Gasteiger partial charge on any atom is 0.319 e. The van der Waals surface area contributed by atoms with E-state index in [2.05, 4.69) is 5.32 Å². The molecule has 0 saturated heterocycles. The Labute approximate surface area is 101 Å². The lowest BCUT2D eigenvalue weighted by molar-refractivity contribution is -0.125. The van der Waals surface area contributed by atoms with Gasteiger partial charge in [-0.2, -0.15) is 8.78 Å². The number of halogens is 4. The van der Waals surface area contributed by atoms with Crippen molar-refractivity contribution in [3.05, 3.63) is 36.1 Å². The highest BCUT2D eigenvalue weighted by molar-refractivity contribution is 5.80. The number of hydrogen-bond donors (Lipinski definition) is 1. The number of para-hydroxylation sites is 1. The second kappa shape index (κ2) is 4.97. The molecule has 0 amide bonds. The molecule has 1 N–H and O–H groups in total. The van der Waals surface area contributed by atoms with E-state index in [-0.39, 0.29) is 6.54 Å². The molecule has 0 aliphatic heterocycles. The van der Waals surface area contributed by atoms with E-state index in [1.807, 2.05) is 0 Å². The summed E-state index contributed by atoms with van der Waals surface area (Å²) in [6.45, 7) is -1.01. The monoisotopic (exact) mass is 261 g/mol. The Morgan fingerprint density at radius 1 is 1.22 bits per heavy atom. The fourth-order valence-corrected chi connectivity index (χ4v) is 1.61. The quantitative estimate of drug-likeness (QED) is 0.834. The van der Waals surface area contributed by atoms with Gasteiger partial charge in [0.25, 0.3) is 0 Å². The number of rotatable bonds is 5. The Morgan fingerprint density at radius 3 is 2.67 bits per heavy atom. The van der Waals surface area contributed by atoms with Crippen LogP contribution in [-0.2, 0) is 6.54 Å². The highest BCUT2D eigenvalue weighted by Gasteiger charge is 2.39. The lowest BCUT2D eigenvalue weighted by Crippen LogP contribution is -2.38. The Balaban J connectivity index is 1.99. The zero-order chi connectivity index (χ0) is 13.2. The second-order valence-corrected chi connectivity index (χ2v) is 3.92. The third-order valence-electron chi connectivity index (χ3n) is 2.56. The molecule has 0 bridgehead atoms.